The van der Waals surface area contributed by atoms with Crippen LogP contribution in [0, 0.1) is 15.5 Å². The molecule has 1 N–H and O–H groups in total. The summed E-state index contributed by atoms with van der Waals surface area (Å²) in [5.41, 5.74) is -0.851. The molecule has 0 aliphatic carbocycles. The summed E-state index contributed by atoms with van der Waals surface area (Å²) in [6, 6.07) is 2.71. The van der Waals surface area contributed by atoms with Crippen LogP contribution >= 0.6 is 0 Å². The highest BCUT2D eigenvalue weighted by Crippen LogP contribution is 2.18. The Morgan fingerprint density at radius 2 is 2.09 bits per heavy atom. The monoisotopic (exact) mass is 322 g/mol. The number of nitrogens with zero attached hydrogens (tertiary/aromatic N) is 3. The fourth-order valence-electron chi connectivity index (χ4n) is 1.78. The van der Waals surface area contributed by atoms with Gasteiger partial charge in [-0.2, -0.15) is 0 Å². The first kappa shape index (κ1) is 18.5. The third-order valence-electron chi connectivity index (χ3n) is 3.11. The van der Waals surface area contributed by atoms with Crippen LogP contribution in [-0.2, 0) is 9.53 Å². The molecule has 126 valence electrons. The van der Waals surface area contributed by atoms with Crippen molar-refractivity contribution in [3.63, 3.8) is 0 Å². The van der Waals surface area contributed by atoms with Crippen molar-refractivity contribution in [3.8, 4) is 0 Å². The Labute approximate surface area is 135 Å². The van der Waals surface area contributed by atoms with Crippen LogP contribution in [0.1, 0.15) is 34.1 Å². The number of hydrogen-bond acceptors (Lipinski definition) is 7. The van der Waals surface area contributed by atoms with Gasteiger partial charge in [0.25, 0.3) is 5.69 Å². The second-order valence-electron chi connectivity index (χ2n) is 6.28. The van der Waals surface area contributed by atoms with Crippen molar-refractivity contribution < 1.29 is 14.5 Å². The van der Waals surface area contributed by atoms with Crippen molar-refractivity contribution >= 4 is 23.2 Å². The van der Waals surface area contributed by atoms with E-state index in [1.54, 1.807) is 32.7 Å². The van der Waals surface area contributed by atoms with E-state index in [-0.39, 0.29) is 23.9 Å². The van der Waals surface area contributed by atoms with E-state index in [1.165, 1.54) is 18.3 Å². The fourth-order valence-corrected chi connectivity index (χ4v) is 1.78. The van der Waals surface area contributed by atoms with Crippen LogP contribution in [0.5, 0.6) is 0 Å². The molecule has 8 nitrogen and oxygen atoms in total. The Bertz CT molecular complexity index is 592. The van der Waals surface area contributed by atoms with Crippen molar-refractivity contribution in [1.29, 1.82) is 5.41 Å². The van der Waals surface area contributed by atoms with E-state index in [2.05, 4.69) is 4.98 Å². The van der Waals surface area contributed by atoms with Crippen LogP contribution in [0.25, 0.3) is 0 Å². The summed E-state index contributed by atoms with van der Waals surface area (Å²) in [5, 5.41) is 18.5. The number of pyridine rings is 1. The lowest BCUT2D eigenvalue weighted by atomic mass is 10.1. The number of hydrogen-bond donors (Lipinski definition) is 1. The molecule has 1 heterocycles. The number of ether oxygens (including phenoxy) is 1. The minimum Gasteiger partial charge on any atom is -0.456 e. The molecular formula is C15H22N4O4. The molecule has 0 amide bonds. The van der Waals surface area contributed by atoms with Gasteiger partial charge < -0.3 is 9.64 Å². The SMILES string of the molecule is C[C@@H](CC(=N)C(=O)OC(C)(C)C)N(C)c1ccc([N+](=O)[O-])cn1. The molecule has 0 saturated carbocycles. The maximum Gasteiger partial charge on any atom is 0.352 e. The number of carbonyl (C=O) groups is 1. The molecule has 0 bridgehead atoms. The predicted octanol–water partition coefficient (Wildman–Crippen LogP) is 2.57. The van der Waals surface area contributed by atoms with Crippen LogP contribution in [0.15, 0.2) is 18.3 Å². The third-order valence-corrected chi connectivity index (χ3v) is 3.11. The Kier molecular flexibility index (Phi) is 5.78. The second kappa shape index (κ2) is 7.17. The first-order valence-electron chi connectivity index (χ1n) is 7.15. The van der Waals surface area contributed by atoms with E-state index >= 15 is 0 Å². The van der Waals surface area contributed by atoms with E-state index in [0.29, 0.717) is 5.82 Å². The Morgan fingerprint density at radius 1 is 1.48 bits per heavy atom. The molecule has 1 atom stereocenters. The Balaban J connectivity index is 2.69. The van der Waals surface area contributed by atoms with Crippen LogP contribution in [0.2, 0.25) is 0 Å². The number of nitrogens with one attached hydrogen (secondary N) is 1. The average Bonchev–Trinajstić information content (AvgIpc) is 2.44. The van der Waals surface area contributed by atoms with E-state index in [0.717, 1.165) is 0 Å². The number of nitro groups is 1. The molecule has 0 aromatic carbocycles. The average molecular weight is 322 g/mol. The summed E-state index contributed by atoms with van der Waals surface area (Å²) in [7, 11) is 1.75. The highest BCUT2D eigenvalue weighted by Gasteiger charge is 2.23. The van der Waals surface area contributed by atoms with Gasteiger partial charge in [-0.1, -0.05) is 0 Å². The number of esters is 1. The van der Waals surface area contributed by atoms with Crippen molar-refractivity contribution in [2.24, 2.45) is 0 Å². The molecule has 0 aliphatic rings. The molecule has 0 saturated heterocycles. The van der Waals surface area contributed by atoms with Gasteiger partial charge in [0.15, 0.2) is 0 Å². The topological polar surface area (TPSA) is 109 Å². The molecule has 0 spiro atoms. The number of anilines is 1. The molecule has 0 radical (unpaired) electrons. The minimum atomic E-state index is -0.644. The van der Waals surface area contributed by atoms with Gasteiger partial charge in [-0.05, 0) is 33.8 Å². The van der Waals surface area contributed by atoms with Crippen LogP contribution in [0.3, 0.4) is 0 Å². The molecule has 1 aromatic rings. The normalized spacial score (nSPS) is 12.4. The predicted molar refractivity (Wildman–Crippen MR) is 86.9 cm³/mol. The van der Waals surface area contributed by atoms with Gasteiger partial charge in [-0.15, -0.1) is 0 Å². The summed E-state index contributed by atoms with van der Waals surface area (Å²) in [4.78, 5) is 27.7. The largest absolute Gasteiger partial charge is 0.456 e. The van der Waals surface area contributed by atoms with E-state index < -0.39 is 16.5 Å². The molecule has 0 fully saturated rings. The third kappa shape index (κ3) is 5.65. The standard InChI is InChI=1S/C15H22N4O4/c1-10(8-12(16)14(20)23-15(2,3)4)18(5)13-7-6-11(9-17-13)19(21)22/h6-7,9-10,16H,8H2,1-5H3/t10-/m0/s1. The smallest absolute Gasteiger partial charge is 0.352 e. The van der Waals surface area contributed by atoms with Crippen LogP contribution in [-0.4, -0.2) is 40.3 Å². The van der Waals surface area contributed by atoms with Crippen LogP contribution < -0.4 is 4.90 Å². The van der Waals surface area contributed by atoms with Gasteiger partial charge in [0.1, 0.15) is 23.3 Å². The zero-order valence-corrected chi connectivity index (χ0v) is 14.0. The van der Waals surface area contributed by atoms with Crippen LogP contribution in [0.4, 0.5) is 11.5 Å². The molecule has 1 aromatic heterocycles. The van der Waals surface area contributed by atoms with Gasteiger partial charge in [0.2, 0.25) is 0 Å². The minimum absolute atomic E-state index is 0.0868. The summed E-state index contributed by atoms with van der Waals surface area (Å²) < 4.78 is 5.16. The first-order chi connectivity index (χ1) is 10.5. The van der Waals surface area contributed by atoms with E-state index in [1.807, 2.05) is 6.92 Å². The van der Waals surface area contributed by atoms with Gasteiger partial charge in [-0.3, -0.25) is 15.5 Å². The maximum atomic E-state index is 11.8. The molecule has 8 heteroatoms. The first-order valence-corrected chi connectivity index (χ1v) is 7.15. The quantitative estimate of drug-likeness (QED) is 0.373. The lowest BCUT2D eigenvalue weighted by Crippen LogP contribution is -2.35. The lowest BCUT2D eigenvalue weighted by Gasteiger charge is -2.26. The summed E-state index contributed by atoms with van der Waals surface area (Å²) in [6.07, 6.45) is 1.36. The fraction of sp³-hybridized carbons (Fsp3) is 0.533. The number of carbonyl (C=O) groups excluding carboxylic acids is 1. The highest BCUT2D eigenvalue weighted by molar-refractivity contribution is 6.35. The van der Waals surface area contributed by atoms with Crippen molar-refractivity contribution in [3.05, 3.63) is 28.4 Å². The van der Waals surface area contributed by atoms with E-state index in [9.17, 15) is 14.9 Å². The zero-order valence-electron chi connectivity index (χ0n) is 14.0. The highest BCUT2D eigenvalue weighted by atomic mass is 16.6. The molecule has 0 unspecified atom stereocenters. The van der Waals surface area contributed by atoms with Gasteiger partial charge >= 0.3 is 5.97 Å². The van der Waals surface area contributed by atoms with Gasteiger partial charge in [-0.25, -0.2) is 9.78 Å². The summed E-state index contributed by atoms with van der Waals surface area (Å²) >= 11 is 0. The van der Waals surface area contributed by atoms with Crippen molar-refractivity contribution in [2.75, 3.05) is 11.9 Å². The Hall–Kier alpha value is -2.51. The van der Waals surface area contributed by atoms with Crippen molar-refractivity contribution in [1.82, 2.24) is 4.98 Å². The summed E-state index contributed by atoms with van der Waals surface area (Å²) in [5.74, 6) is -0.116. The number of aromatic nitrogens is 1. The van der Waals surface area contributed by atoms with Gasteiger partial charge in [0, 0.05) is 25.6 Å². The molecule has 1 rings (SSSR count). The van der Waals surface area contributed by atoms with Crippen molar-refractivity contribution in [2.45, 2.75) is 45.8 Å². The van der Waals surface area contributed by atoms with E-state index in [4.69, 9.17) is 10.1 Å². The molecule has 23 heavy (non-hydrogen) atoms. The number of rotatable bonds is 6. The van der Waals surface area contributed by atoms with Gasteiger partial charge in [0.05, 0.1) is 4.92 Å². The summed E-state index contributed by atoms with van der Waals surface area (Å²) in [6.45, 7) is 7.07. The lowest BCUT2D eigenvalue weighted by molar-refractivity contribution is -0.385. The Morgan fingerprint density at radius 3 is 2.52 bits per heavy atom. The molecule has 0 aliphatic heterocycles. The zero-order chi connectivity index (χ0) is 17.8. The second-order valence-corrected chi connectivity index (χ2v) is 6.28. The molecular weight excluding hydrogens is 300 g/mol. The maximum absolute atomic E-state index is 11.8.